The minimum atomic E-state index is -2.92. The first-order chi connectivity index (χ1) is 11.9. The van der Waals surface area contributed by atoms with E-state index in [2.05, 4.69) is 10.2 Å². The van der Waals surface area contributed by atoms with Crippen LogP contribution in [0.4, 0.5) is 0 Å². The van der Waals surface area contributed by atoms with Crippen LogP contribution in [0.1, 0.15) is 24.8 Å². The number of amides is 1. The quantitative estimate of drug-likeness (QED) is 0.747. The lowest BCUT2D eigenvalue weighted by Gasteiger charge is -2.32. The third-order valence-corrected chi connectivity index (χ3v) is 5.43. The summed E-state index contributed by atoms with van der Waals surface area (Å²) in [6.07, 6.45) is 4.16. The molecule has 0 aliphatic carbocycles. The Kier molecular flexibility index (Phi) is 7.25. The number of hydrogen-bond donors (Lipinski definition) is 1. The summed E-state index contributed by atoms with van der Waals surface area (Å²) >= 11 is 0. The Bertz CT molecular complexity index is 667. The fraction of sp³-hybridized carbons (Fsp3) is 0.611. The van der Waals surface area contributed by atoms with Crippen molar-refractivity contribution in [3.05, 3.63) is 29.8 Å². The molecule has 1 heterocycles. The number of ether oxygens (including phenoxy) is 1. The average molecular weight is 368 g/mol. The summed E-state index contributed by atoms with van der Waals surface area (Å²) < 4.78 is 27.6. The van der Waals surface area contributed by atoms with Crippen molar-refractivity contribution >= 4 is 15.7 Å². The standard InChI is InChI=1S/C18H28N2O4S/c1-24-17-5-3-4-15(14-17)6-7-18(21)19-16-8-10-20(11-9-16)12-13-25(2,22)23/h3-5,14,16H,6-13H2,1-2H3,(H,19,21). The molecule has 1 amide bonds. The van der Waals surface area contributed by atoms with E-state index in [0.29, 0.717) is 19.4 Å². The first-order valence-corrected chi connectivity index (χ1v) is 10.7. The van der Waals surface area contributed by atoms with E-state index in [-0.39, 0.29) is 17.7 Å². The molecule has 140 valence electrons. The predicted octanol–water partition coefficient (Wildman–Crippen LogP) is 1.25. The number of carbonyl (C=O) groups is 1. The molecular weight excluding hydrogens is 340 g/mol. The zero-order valence-electron chi connectivity index (χ0n) is 15.0. The van der Waals surface area contributed by atoms with Crippen LogP contribution in [0.15, 0.2) is 24.3 Å². The Morgan fingerprint density at radius 2 is 2.04 bits per heavy atom. The van der Waals surface area contributed by atoms with Crippen molar-refractivity contribution in [3.8, 4) is 5.75 Å². The summed E-state index contributed by atoms with van der Waals surface area (Å²) in [7, 11) is -1.28. The maximum Gasteiger partial charge on any atom is 0.220 e. The number of carbonyl (C=O) groups excluding carboxylic acids is 1. The lowest BCUT2D eigenvalue weighted by atomic mass is 10.0. The van der Waals surface area contributed by atoms with E-state index in [1.807, 2.05) is 24.3 Å². The average Bonchev–Trinajstić information content (AvgIpc) is 2.59. The van der Waals surface area contributed by atoms with Crippen LogP contribution in [0.2, 0.25) is 0 Å². The van der Waals surface area contributed by atoms with Crippen molar-refractivity contribution in [1.29, 1.82) is 0 Å². The molecule has 1 aromatic rings. The van der Waals surface area contributed by atoms with Gasteiger partial charge in [0.05, 0.1) is 12.9 Å². The first-order valence-electron chi connectivity index (χ1n) is 8.68. The SMILES string of the molecule is COc1cccc(CCC(=O)NC2CCN(CCS(C)(=O)=O)CC2)c1. The Hall–Kier alpha value is -1.60. The molecule has 1 aliphatic rings. The van der Waals surface area contributed by atoms with Crippen LogP contribution in [-0.2, 0) is 21.1 Å². The van der Waals surface area contributed by atoms with E-state index in [1.165, 1.54) is 6.26 Å². The highest BCUT2D eigenvalue weighted by Gasteiger charge is 2.21. The number of nitrogens with zero attached hydrogens (tertiary/aromatic N) is 1. The van der Waals surface area contributed by atoms with Gasteiger partial charge in [-0.1, -0.05) is 12.1 Å². The summed E-state index contributed by atoms with van der Waals surface area (Å²) in [6, 6.07) is 7.95. The summed E-state index contributed by atoms with van der Waals surface area (Å²) in [4.78, 5) is 14.3. The highest BCUT2D eigenvalue weighted by Crippen LogP contribution is 2.14. The third-order valence-electron chi connectivity index (χ3n) is 4.51. The van der Waals surface area contributed by atoms with Gasteiger partial charge in [-0.25, -0.2) is 8.42 Å². The molecule has 0 bridgehead atoms. The van der Waals surface area contributed by atoms with Gasteiger partial charge in [0.1, 0.15) is 15.6 Å². The zero-order valence-corrected chi connectivity index (χ0v) is 15.8. The second-order valence-electron chi connectivity index (χ2n) is 6.66. The van der Waals surface area contributed by atoms with Crippen molar-refractivity contribution < 1.29 is 17.9 Å². The Morgan fingerprint density at radius 1 is 1.32 bits per heavy atom. The van der Waals surface area contributed by atoms with Crippen molar-refractivity contribution in [3.63, 3.8) is 0 Å². The molecule has 0 aromatic heterocycles. The number of nitrogens with one attached hydrogen (secondary N) is 1. The second kappa shape index (κ2) is 9.20. The van der Waals surface area contributed by atoms with Gasteiger partial charge in [0.25, 0.3) is 0 Å². The number of aryl methyl sites for hydroxylation is 1. The Labute approximate surface area is 150 Å². The van der Waals surface area contributed by atoms with Crippen LogP contribution < -0.4 is 10.1 Å². The van der Waals surface area contributed by atoms with Gasteiger partial charge in [0, 0.05) is 38.4 Å². The van der Waals surface area contributed by atoms with Crippen LogP contribution in [0.5, 0.6) is 5.75 Å². The van der Waals surface area contributed by atoms with Gasteiger partial charge in [-0.3, -0.25) is 4.79 Å². The molecule has 1 saturated heterocycles. The minimum absolute atomic E-state index is 0.0670. The highest BCUT2D eigenvalue weighted by atomic mass is 32.2. The van der Waals surface area contributed by atoms with Crippen molar-refractivity contribution in [1.82, 2.24) is 10.2 Å². The van der Waals surface area contributed by atoms with Gasteiger partial charge in [-0.2, -0.15) is 0 Å². The summed E-state index contributed by atoms with van der Waals surface area (Å²) in [5.41, 5.74) is 1.09. The highest BCUT2D eigenvalue weighted by molar-refractivity contribution is 7.90. The molecule has 1 aliphatic heterocycles. The summed E-state index contributed by atoms with van der Waals surface area (Å²) in [5.74, 6) is 1.07. The number of piperidine rings is 1. The fourth-order valence-corrected chi connectivity index (χ4v) is 3.57. The molecule has 0 atom stereocenters. The molecule has 1 aromatic carbocycles. The molecule has 1 N–H and O–H groups in total. The maximum absolute atomic E-state index is 12.1. The van der Waals surface area contributed by atoms with E-state index in [1.54, 1.807) is 7.11 Å². The number of benzene rings is 1. The van der Waals surface area contributed by atoms with E-state index in [9.17, 15) is 13.2 Å². The van der Waals surface area contributed by atoms with Crippen molar-refractivity contribution in [2.75, 3.05) is 38.8 Å². The number of methoxy groups -OCH3 is 1. The largest absolute Gasteiger partial charge is 0.497 e. The normalized spacial score (nSPS) is 16.6. The van der Waals surface area contributed by atoms with Gasteiger partial charge in [-0.05, 0) is 37.0 Å². The minimum Gasteiger partial charge on any atom is -0.497 e. The molecule has 7 heteroatoms. The zero-order chi connectivity index (χ0) is 18.3. The molecule has 0 radical (unpaired) electrons. The lowest BCUT2D eigenvalue weighted by Crippen LogP contribution is -2.45. The summed E-state index contributed by atoms with van der Waals surface area (Å²) in [5, 5.41) is 3.10. The molecule has 2 rings (SSSR count). The molecule has 0 saturated carbocycles. The van der Waals surface area contributed by atoms with E-state index < -0.39 is 9.84 Å². The number of sulfone groups is 1. The van der Waals surface area contributed by atoms with Crippen LogP contribution in [0.25, 0.3) is 0 Å². The van der Waals surface area contributed by atoms with Gasteiger partial charge in [0.15, 0.2) is 0 Å². The van der Waals surface area contributed by atoms with Gasteiger partial charge in [0.2, 0.25) is 5.91 Å². The van der Waals surface area contributed by atoms with E-state index >= 15 is 0 Å². The topological polar surface area (TPSA) is 75.7 Å². The smallest absolute Gasteiger partial charge is 0.220 e. The second-order valence-corrected chi connectivity index (χ2v) is 8.92. The number of rotatable bonds is 8. The Balaban J connectivity index is 1.68. The van der Waals surface area contributed by atoms with Crippen molar-refractivity contribution in [2.24, 2.45) is 0 Å². The van der Waals surface area contributed by atoms with Crippen LogP contribution in [0, 0.1) is 0 Å². The van der Waals surface area contributed by atoms with E-state index in [4.69, 9.17) is 4.74 Å². The number of hydrogen-bond acceptors (Lipinski definition) is 5. The monoisotopic (exact) mass is 368 g/mol. The summed E-state index contributed by atoms with van der Waals surface area (Å²) in [6.45, 7) is 2.24. The molecule has 6 nitrogen and oxygen atoms in total. The van der Waals surface area contributed by atoms with Gasteiger partial charge >= 0.3 is 0 Å². The van der Waals surface area contributed by atoms with Crippen LogP contribution >= 0.6 is 0 Å². The fourth-order valence-electron chi connectivity index (χ4n) is 2.98. The Morgan fingerprint density at radius 3 is 2.68 bits per heavy atom. The van der Waals surface area contributed by atoms with Gasteiger partial charge < -0.3 is 15.0 Å². The molecule has 1 fully saturated rings. The first kappa shape index (κ1) is 19.7. The van der Waals surface area contributed by atoms with Gasteiger partial charge in [-0.15, -0.1) is 0 Å². The van der Waals surface area contributed by atoms with E-state index in [0.717, 1.165) is 37.2 Å². The van der Waals surface area contributed by atoms with Crippen molar-refractivity contribution in [2.45, 2.75) is 31.7 Å². The molecule has 0 spiro atoms. The van der Waals surface area contributed by atoms with Crippen LogP contribution in [-0.4, -0.2) is 64.0 Å². The maximum atomic E-state index is 12.1. The lowest BCUT2D eigenvalue weighted by molar-refractivity contribution is -0.122. The molecule has 25 heavy (non-hydrogen) atoms. The predicted molar refractivity (Wildman–Crippen MR) is 98.6 cm³/mol. The third kappa shape index (κ3) is 7.44. The number of likely N-dealkylation sites (tertiary alicyclic amines) is 1. The van der Waals surface area contributed by atoms with Crippen LogP contribution in [0.3, 0.4) is 0 Å². The molecular formula is C18H28N2O4S. The molecule has 0 unspecified atom stereocenters.